The molecule has 1 heterocycles. The molecule has 0 aromatic carbocycles. The van der Waals surface area contributed by atoms with Gasteiger partial charge in [0.25, 0.3) is 0 Å². The number of carbonyl (C=O) groups is 2. The molecule has 7 heteroatoms. The van der Waals surface area contributed by atoms with Crippen molar-refractivity contribution >= 4 is 11.9 Å². The quantitative estimate of drug-likeness (QED) is 0.0445. The van der Waals surface area contributed by atoms with Gasteiger partial charge < -0.3 is 24.0 Å². The third kappa shape index (κ3) is 39.7. The van der Waals surface area contributed by atoms with Gasteiger partial charge in [-0.1, -0.05) is 195 Å². The van der Waals surface area contributed by atoms with Gasteiger partial charge in [0.1, 0.15) is 0 Å². The maximum atomic E-state index is 12.5. The van der Waals surface area contributed by atoms with Crippen LogP contribution in [0.1, 0.15) is 265 Å². The van der Waals surface area contributed by atoms with Crippen molar-refractivity contribution in [3.05, 3.63) is 0 Å². The Morgan fingerprint density at radius 2 is 0.730 bits per heavy atom. The first-order chi connectivity index (χ1) is 30.9. The van der Waals surface area contributed by atoms with Gasteiger partial charge in [0, 0.05) is 58.8 Å². The summed E-state index contributed by atoms with van der Waals surface area (Å²) in [6, 6.07) is 0. The molecular formula is C56H110N2O5. The zero-order valence-corrected chi connectivity index (χ0v) is 43.2. The van der Waals surface area contributed by atoms with Crippen LogP contribution in [0.2, 0.25) is 0 Å². The van der Waals surface area contributed by atoms with E-state index in [0.717, 1.165) is 32.5 Å². The van der Waals surface area contributed by atoms with Gasteiger partial charge in [0.05, 0.1) is 13.2 Å². The van der Waals surface area contributed by atoms with Gasteiger partial charge >= 0.3 is 11.9 Å². The number of likely N-dealkylation sites (N-methyl/N-ethyl adjacent to an activating group) is 1. The summed E-state index contributed by atoms with van der Waals surface area (Å²) in [6.45, 7) is 18.0. The summed E-state index contributed by atoms with van der Waals surface area (Å²) in [4.78, 5) is 30.1. The second-order valence-corrected chi connectivity index (χ2v) is 20.2. The Bertz CT molecular complexity index is 891. The SMILES string of the molecule is CCCCCC(CCCCC)CC(=O)OCCCCCCCCCCC(CCCCCCCCCCOC(=O)CC(CCCCC)CCCCC)COCCCN1CCN(C)CC1. The average Bonchev–Trinajstić information content (AvgIpc) is 3.27. The van der Waals surface area contributed by atoms with Crippen LogP contribution in [-0.2, 0) is 23.8 Å². The number of carbonyl (C=O) groups excluding carboxylic acids is 2. The Labute approximate surface area is 393 Å². The van der Waals surface area contributed by atoms with E-state index in [2.05, 4.69) is 44.5 Å². The molecule has 0 aromatic rings. The zero-order chi connectivity index (χ0) is 45.7. The smallest absolute Gasteiger partial charge is 0.306 e. The first-order valence-electron chi connectivity index (χ1n) is 28.2. The van der Waals surface area contributed by atoms with Crippen molar-refractivity contribution in [2.75, 3.05) is 66.2 Å². The number of piperazine rings is 1. The third-order valence-electron chi connectivity index (χ3n) is 14.0. The molecule has 374 valence electrons. The van der Waals surface area contributed by atoms with Crippen LogP contribution in [-0.4, -0.2) is 87.9 Å². The summed E-state index contributed by atoms with van der Waals surface area (Å²) in [7, 11) is 2.23. The van der Waals surface area contributed by atoms with Gasteiger partial charge in [-0.05, 0) is 82.6 Å². The molecule has 1 aliphatic rings. The van der Waals surface area contributed by atoms with E-state index < -0.39 is 0 Å². The fourth-order valence-electron chi connectivity index (χ4n) is 9.60. The zero-order valence-electron chi connectivity index (χ0n) is 43.2. The number of ether oxygens (including phenoxy) is 3. The number of rotatable bonds is 48. The van der Waals surface area contributed by atoms with Crippen LogP contribution >= 0.6 is 0 Å². The van der Waals surface area contributed by atoms with Gasteiger partial charge in [0.15, 0.2) is 0 Å². The molecular weight excluding hydrogens is 781 g/mol. The summed E-state index contributed by atoms with van der Waals surface area (Å²) in [5.41, 5.74) is 0. The van der Waals surface area contributed by atoms with Gasteiger partial charge in [-0.2, -0.15) is 0 Å². The highest BCUT2D eigenvalue weighted by Crippen LogP contribution is 2.24. The number of unbranched alkanes of at least 4 members (excludes halogenated alkanes) is 22. The molecule has 0 aliphatic carbocycles. The highest BCUT2D eigenvalue weighted by atomic mass is 16.5. The van der Waals surface area contributed by atoms with Crippen molar-refractivity contribution in [1.29, 1.82) is 0 Å². The van der Waals surface area contributed by atoms with Crippen LogP contribution in [0.5, 0.6) is 0 Å². The van der Waals surface area contributed by atoms with Crippen LogP contribution < -0.4 is 0 Å². The van der Waals surface area contributed by atoms with Crippen LogP contribution in [0, 0.1) is 17.8 Å². The molecule has 0 bridgehead atoms. The van der Waals surface area contributed by atoms with Crippen molar-refractivity contribution in [1.82, 2.24) is 9.80 Å². The van der Waals surface area contributed by atoms with E-state index in [1.165, 1.54) is 238 Å². The second-order valence-electron chi connectivity index (χ2n) is 20.2. The van der Waals surface area contributed by atoms with Crippen molar-refractivity contribution in [3.63, 3.8) is 0 Å². The summed E-state index contributed by atoms with van der Waals surface area (Å²) < 4.78 is 17.7. The molecule has 0 N–H and O–H groups in total. The van der Waals surface area contributed by atoms with Crippen LogP contribution in [0.4, 0.5) is 0 Å². The highest BCUT2D eigenvalue weighted by Gasteiger charge is 2.17. The van der Waals surface area contributed by atoms with Gasteiger partial charge in [-0.15, -0.1) is 0 Å². The largest absolute Gasteiger partial charge is 0.466 e. The number of hydrogen-bond donors (Lipinski definition) is 0. The first-order valence-corrected chi connectivity index (χ1v) is 28.2. The number of hydrogen-bond acceptors (Lipinski definition) is 7. The molecule has 0 radical (unpaired) electrons. The number of esters is 2. The van der Waals surface area contributed by atoms with Gasteiger partial charge in [-0.3, -0.25) is 9.59 Å². The lowest BCUT2D eigenvalue weighted by Crippen LogP contribution is -2.44. The Hall–Kier alpha value is -1.18. The maximum absolute atomic E-state index is 12.5. The predicted molar refractivity (Wildman–Crippen MR) is 271 cm³/mol. The van der Waals surface area contributed by atoms with Crippen molar-refractivity contribution in [2.24, 2.45) is 17.8 Å². The van der Waals surface area contributed by atoms with E-state index in [1.54, 1.807) is 0 Å². The molecule has 7 nitrogen and oxygen atoms in total. The Morgan fingerprint density at radius 3 is 1.11 bits per heavy atom. The second kappa shape index (κ2) is 46.0. The van der Waals surface area contributed by atoms with E-state index in [4.69, 9.17) is 14.2 Å². The minimum atomic E-state index is 0.0375. The average molecular weight is 892 g/mol. The summed E-state index contributed by atoms with van der Waals surface area (Å²) >= 11 is 0. The first kappa shape index (κ1) is 59.8. The van der Waals surface area contributed by atoms with Crippen LogP contribution in [0.25, 0.3) is 0 Å². The van der Waals surface area contributed by atoms with E-state index in [9.17, 15) is 9.59 Å². The molecule has 1 saturated heterocycles. The summed E-state index contributed by atoms with van der Waals surface area (Å²) in [6.07, 6.45) is 45.0. The predicted octanol–water partition coefficient (Wildman–Crippen LogP) is 15.7. The van der Waals surface area contributed by atoms with Gasteiger partial charge in [-0.25, -0.2) is 0 Å². The fourth-order valence-corrected chi connectivity index (χ4v) is 9.60. The molecule has 0 saturated carbocycles. The van der Waals surface area contributed by atoms with Crippen molar-refractivity contribution < 1.29 is 23.8 Å². The monoisotopic (exact) mass is 891 g/mol. The topological polar surface area (TPSA) is 68.3 Å². The molecule has 1 rings (SSSR count). The van der Waals surface area contributed by atoms with E-state index >= 15 is 0 Å². The molecule has 63 heavy (non-hydrogen) atoms. The van der Waals surface area contributed by atoms with Gasteiger partial charge in [0.2, 0.25) is 0 Å². The van der Waals surface area contributed by atoms with Crippen LogP contribution in [0.3, 0.4) is 0 Å². The number of nitrogens with zero attached hydrogens (tertiary/aromatic N) is 2. The minimum Gasteiger partial charge on any atom is -0.466 e. The normalized spacial score (nSPS) is 13.8. The minimum absolute atomic E-state index is 0.0375. The Morgan fingerprint density at radius 1 is 0.397 bits per heavy atom. The molecule has 1 aliphatic heterocycles. The molecule has 0 amide bonds. The molecule has 0 atom stereocenters. The third-order valence-corrected chi connectivity index (χ3v) is 14.0. The van der Waals surface area contributed by atoms with E-state index in [1.807, 2.05) is 0 Å². The van der Waals surface area contributed by atoms with E-state index in [-0.39, 0.29) is 11.9 Å². The van der Waals surface area contributed by atoms with Crippen molar-refractivity contribution in [3.8, 4) is 0 Å². The summed E-state index contributed by atoms with van der Waals surface area (Å²) in [5, 5.41) is 0. The lowest BCUT2D eigenvalue weighted by molar-refractivity contribution is -0.146. The molecule has 0 aromatic heterocycles. The molecule has 0 spiro atoms. The highest BCUT2D eigenvalue weighted by molar-refractivity contribution is 5.70. The maximum Gasteiger partial charge on any atom is 0.306 e. The molecule has 1 fully saturated rings. The summed E-state index contributed by atoms with van der Waals surface area (Å²) in [5.74, 6) is 1.81. The van der Waals surface area contributed by atoms with E-state index in [0.29, 0.717) is 43.8 Å². The standard InChI is InChI=1S/C56H110N2O5/c1-6-10-26-35-52(36-27-11-7-2)49-55(59)62-47-32-24-20-16-14-18-22-30-39-54(51-61-46-34-41-58-44-42-57(5)43-45-58)40-31-23-19-15-17-21-25-33-48-63-56(60)50-53(37-28-12-8-3)38-29-13-9-4/h52-54H,6-51H2,1-5H3. The Kier molecular flexibility index (Phi) is 43.6. The lowest BCUT2D eigenvalue weighted by atomic mass is 9.92. The molecule has 0 unspecified atom stereocenters. The van der Waals surface area contributed by atoms with Crippen molar-refractivity contribution in [2.45, 2.75) is 265 Å². The fraction of sp³-hybridized carbons (Fsp3) is 0.964. The lowest BCUT2D eigenvalue weighted by Gasteiger charge is -2.32. The van der Waals surface area contributed by atoms with Crippen LogP contribution in [0.15, 0.2) is 0 Å². The Balaban J connectivity index is 2.21.